The van der Waals surface area contributed by atoms with Gasteiger partial charge >= 0.3 is 0 Å². The van der Waals surface area contributed by atoms with Crippen molar-refractivity contribution < 1.29 is 5.11 Å². The zero-order valence-electron chi connectivity index (χ0n) is 13.9. The van der Waals surface area contributed by atoms with E-state index >= 15 is 0 Å². The molecule has 0 atom stereocenters. The van der Waals surface area contributed by atoms with E-state index in [0.29, 0.717) is 19.1 Å². The monoisotopic (exact) mass is 294 g/mol. The van der Waals surface area contributed by atoms with Crippen molar-refractivity contribution in [1.82, 2.24) is 14.9 Å². The van der Waals surface area contributed by atoms with Crippen molar-refractivity contribution in [1.29, 1.82) is 0 Å². The highest BCUT2D eigenvalue weighted by molar-refractivity contribution is 5.35. The molecular weight excluding hydrogens is 264 g/mol. The van der Waals surface area contributed by atoms with Crippen LogP contribution in [0.3, 0.4) is 0 Å². The van der Waals surface area contributed by atoms with Gasteiger partial charge in [0, 0.05) is 30.9 Å². The third-order valence-corrected chi connectivity index (χ3v) is 3.65. The number of aryl methyl sites for hydroxylation is 1. The molecule has 0 aliphatic rings. The molecule has 0 aliphatic carbocycles. The van der Waals surface area contributed by atoms with Crippen LogP contribution < -0.4 is 5.32 Å². The second-order valence-electron chi connectivity index (χ2n) is 5.40. The molecule has 0 saturated heterocycles. The van der Waals surface area contributed by atoms with Crippen LogP contribution in [0.4, 0.5) is 5.82 Å². The van der Waals surface area contributed by atoms with E-state index in [-0.39, 0.29) is 6.61 Å². The molecule has 0 radical (unpaired) electrons. The molecule has 120 valence electrons. The lowest BCUT2D eigenvalue weighted by Gasteiger charge is -2.29. The van der Waals surface area contributed by atoms with E-state index < -0.39 is 0 Å². The van der Waals surface area contributed by atoms with Gasteiger partial charge in [-0.25, -0.2) is 9.97 Å². The van der Waals surface area contributed by atoms with Gasteiger partial charge in [0.1, 0.15) is 11.6 Å². The minimum Gasteiger partial charge on any atom is -0.395 e. The van der Waals surface area contributed by atoms with Crippen LogP contribution in [0, 0.1) is 6.92 Å². The third kappa shape index (κ3) is 5.98. The molecule has 1 rings (SSSR count). The zero-order valence-corrected chi connectivity index (χ0v) is 13.9. The van der Waals surface area contributed by atoms with E-state index in [9.17, 15) is 5.11 Å². The summed E-state index contributed by atoms with van der Waals surface area (Å²) in [5, 5.41) is 12.6. The Bertz CT molecular complexity index is 407. The van der Waals surface area contributed by atoms with Gasteiger partial charge in [0.2, 0.25) is 0 Å². The van der Waals surface area contributed by atoms with Crippen LogP contribution >= 0.6 is 0 Å². The first-order chi connectivity index (χ1) is 10.1. The van der Waals surface area contributed by atoms with Gasteiger partial charge in [-0.2, -0.15) is 0 Å². The Morgan fingerprint density at radius 2 is 1.95 bits per heavy atom. The van der Waals surface area contributed by atoms with Crippen LogP contribution in [-0.4, -0.2) is 45.7 Å². The quantitative estimate of drug-likeness (QED) is 0.694. The zero-order chi connectivity index (χ0) is 15.7. The highest BCUT2D eigenvalue weighted by Crippen LogP contribution is 2.13. The first-order valence-electron chi connectivity index (χ1n) is 8.07. The molecule has 0 aliphatic heterocycles. The van der Waals surface area contributed by atoms with Crippen LogP contribution in [0.25, 0.3) is 0 Å². The fourth-order valence-electron chi connectivity index (χ4n) is 2.55. The van der Waals surface area contributed by atoms with E-state index in [4.69, 9.17) is 0 Å². The van der Waals surface area contributed by atoms with Crippen molar-refractivity contribution in [3.05, 3.63) is 17.6 Å². The smallest absolute Gasteiger partial charge is 0.144 e. The molecule has 0 saturated carbocycles. The second-order valence-corrected chi connectivity index (χ2v) is 5.40. The molecule has 1 aromatic heterocycles. The first kappa shape index (κ1) is 17.9. The molecule has 2 N–H and O–H groups in total. The van der Waals surface area contributed by atoms with Crippen molar-refractivity contribution in [3.8, 4) is 0 Å². The van der Waals surface area contributed by atoms with Gasteiger partial charge in [0.25, 0.3) is 0 Å². The summed E-state index contributed by atoms with van der Waals surface area (Å²) in [6, 6.07) is 2.44. The van der Waals surface area contributed by atoms with E-state index in [2.05, 4.69) is 41.0 Å². The Morgan fingerprint density at radius 3 is 2.52 bits per heavy atom. The number of aromatic nitrogens is 2. The summed E-state index contributed by atoms with van der Waals surface area (Å²) >= 11 is 0. The summed E-state index contributed by atoms with van der Waals surface area (Å²) in [5.74, 6) is 1.72. The maximum atomic E-state index is 9.29. The van der Waals surface area contributed by atoms with Gasteiger partial charge in [-0.3, -0.25) is 4.90 Å². The average molecular weight is 294 g/mol. The van der Waals surface area contributed by atoms with Crippen molar-refractivity contribution in [2.75, 3.05) is 25.0 Å². The second kappa shape index (κ2) is 9.68. The summed E-state index contributed by atoms with van der Waals surface area (Å²) in [6.45, 7) is 10.9. The number of hydrogen-bond acceptors (Lipinski definition) is 5. The standard InChI is InChI=1S/C16H30N4O/c1-5-8-17-15-11-13(4)18-16(19-15)12-20(9-10-21)14(6-2)7-3/h11,14,21H,5-10,12H2,1-4H3,(H,17,18,19). The molecule has 0 spiro atoms. The SMILES string of the molecule is CCCNc1cc(C)nc(CN(CCO)C(CC)CC)n1. The Balaban J connectivity index is 2.84. The van der Waals surface area contributed by atoms with Crippen molar-refractivity contribution in [2.45, 2.75) is 59.5 Å². The number of nitrogens with zero attached hydrogens (tertiary/aromatic N) is 3. The normalized spacial score (nSPS) is 11.4. The number of rotatable bonds is 10. The minimum atomic E-state index is 0.170. The van der Waals surface area contributed by atoms with Gasteiger partial charge < -0.3 is 10.4 Å². The summed E-state index contributed by atoms with van der Waals surface area (Å²) in [5.41, 5.74) is 0.979. The van der Waals surface area contributed by atoms with Gasteiger partial charge in [-0.1, -0.05) is 20.8 Å². The van der Waals surface area contributed by atoms with E-state index in [1.807, 2.05) is 13.0 Å². The molecule has 0 fully saturated rings. The fourth-order valence-corrected chi connectivity index (χ4v) is 2.55. The Labute approximate surface area is 128 Å². The maximum Gasteiger partial charge on any atom is 0.144 e. The van der Waals surface area contributed by atoms with E-state index in [1.165, 1.54) is 0 Å². The van der Waals surface area contributed by atoms with Crippen molar-refractivity contribution >= 4 is 5.82 Å². The average Bonchev–Trinajstić information content (AvgIpc) is 2.46. The third-order valence-electron chi connectivity index (χ3n) is 3.65. The molecule has 0 unspecified atom stereocenters. The van der Waals surface area contributed by atoms with Crippen LogP contribution in [0.5, 0.6) is 0 Å². The lowest BCUT2D eigenvalue weighted by Crippen LogP contribution is -2.36. The Morgan fingerprint density at radius 1 is 1.24 bits per heavy atom. The number of anilines is 1. The summed E-state index contributed by atoms with van der Waals surface area (Å²) in [6.07, 6.45) is 3.22. The topological polar surface area (TPSA) is 61.3 Å². The van der Waals surface area contributed by atoms with Crippen LogP contribution in [0.1, 0.15) is 51.6 Å². The predicted molar refractivity (Wildman–Crippen MR) is 87.4 cm³/mol. The Kier molecular flexibility index (Phi) is 8.23. The highest BCUT2D eigenvalue weighted by Gasteiger charge is 2.16. The lowest BCUT2D eigenvalue weighted by atomic mass is 10.1. The number of nitrogens with one attached hydrogen (secondary N) is 1. The Hall–Kier alpha value is -1.20. The van der Waals surface area contributed by atoms with Gasteiger partial charge in [0.05, 0.1) is 13.2 Å². The molecule has 0 bridgehead atoms. The molecular formula is C16H30N4O. The number of hydrogen-bond donors (Lipinski definition) is 2. The van der Waals surface area contributed by atoms with Crippen LogP contribution in [-0.2, 0) is 6.54 Å². The molecule has 21 heavy (non-hydrogen) atoms. The molecule has 0 aromatic carbocycles. The van der Waals surface area contributed by atoms with Crippen molar-refractivity contribution in [2.24, 2.45) is 0 Å². The van der Waals surface area contributed by atoms with Gasteiger partial charge in [-0.15, -0.1) is 0 Å². The van der Waals surface area contributed by atoms with Gasteiger partial charge in [-0.05, 0) is 26.2 Å². The first-order valence-corrected chi connectivity index (χ1v) is 8.07. The lowest BCUT2D eigenvalue weighted by molar-refractivity contribution is 0.133. The molecule has 1 heterocycles. The molecule has 0 amide bonds. The fraction of sp³-hybridized carbons (Fsp3) is 0.750. The van der Waals surface area contributed by atoms with Gasteiger partial charge in [0.15, 0.2) is 0 Å². The summed E-state index contributed by atoms with van der Waals surface area (Å²) in [7, 11) is 0. The highest BCUT2D eigenvalue weighted by atomic mass is 16.3. The molecule has 1 aromatic rings. The summed E-state index contributed by atoms with van der Waals surface area (Å²) in [4.78, 5) is 11.4. The number of aliphatic hydroxyl groups is 1. The van der Waals surface area contributed by atoms with Crippen molar-refractivity contribution in [3.63, 3.8) is 0 Å². The molecule has 5 nitrogen and oxygen atoms in total. The summed E-state index contributed by atoms with van der Waals surface area (Å²) < 4.78 is 0. The van der Waals surface area contributed by atoms with E-state index in [1.54, 1.807) is 0 Å². The number of aliphatic hydroxyl groups excluding tert-OH is 1. The molecule has 5 heteroatoms. The minimum absolute atomic E-state index is 0.170. The predicted octanol–water partition coefficient (Wildman–Crippen LogP) is 2.59. The van der Waals surface area contributed by atoms with E-state index in [0.717, 1.165) is 43.1 Å². The maximum absolute atomic E-state index is 9.29. The van der Waals surface area contributed by atoms with Crippen LogP contribution in [0.2, 0.25) is 0 Å². The largest absolute Gasteiger partial charge is 0.395 e. The van der Waals surface area contributed by atoms with Crippen LogP contribution in [0.15, 0.2) is 6.07 Å².